The second-order valence-corrected chi connectivity index (χ2v) is 30.7. The predicted octanol–water partition coefficient (Wildman–Crippen LogP) is 23.3. The highest BCUT2D eigenvalue weighted by atomic mass is 15.2. The van der Waals surface area contributed by atoms with Crippen molar-refractivity contribution in [2.45, 2.75) is 0 Å². The van der Waals surface area contributed by atoms with Crippen LogP contribution in [0.25, 0.3) is 175 Å². The van der Waals surface area contributed by atoms with Gasteiger partial charge in [-0.15, -0.1) is 0 Å². The molecule has 124 heavy (non-hydrogen) atoms. The van der Waals surface area contributed by atoms with Crippen molar-refractivity contribution in [2.75, 3.05) is 9.80 Å². The molecule has 15 nitrogen and oxygen atoms in total. The molecule has 0 saturated heterocycles. The van der Waals surface area contributed by atoms with Crippen LogP contribution in [0.2, 0.25) is 0 Å². The first kappa shape index (κ1) is 72.3. The number of aromatic nitrogens is 13. The number of hydrogen-bond acceptors (Lipinski definition) is 14. The Kier molecular flexibility index (Phi) is 17.9. The Morgan fingerprint density at radius 1 is 0.169 bits per heavy atom. The summed E-state index contributed by atoms with van der Waals surface area (Å²) in [5.74, 6) is 6.05. The normalized spacial score (nSPS) is 12.0. The number of rotatable bonds is 16. The highest BCUT2D eigenvalue weighted by Crippen LogP contribution is 2.47. The van der Waals surface area contributed by atoms with E-state index in [1.54, 1.807) is 0 Å². The fraction of sp³-hybridized carbons (Fsp3) is 0. The molecule has 0 spiro atoms. The van der Waals surface area contributed by atoms with Crippen molar-refractivity contribution in [1.82, 2.24) is 64.4 Å². The second-order valence-electron chi connectivity index (χ2n) is 30.7. The molecule has 0 radical (unpaired) electrons. The molecule has 2 aliphatic rings. The first-order chi connectivity index (χ1) is 61.4. The molecule has 0 unspecified atom stereocenters. The topological polar surface area (TPSA) is 166 Å². The molecule has 21 aromatic rings. The van der Waals surface area contributed by atoms with Gasteiger partial charge in [0.2, 0.25) is 0 Å². The van der Waals surface area contributed by atoms with Crippen LogP contribution in [-0.2, 0) is 0 Å². The Hall–Kier alpha value is -17.0. The molecule has 0 saturated carbocycles. The van der Waals surface area contributed by atoms with E-state index in [1.807, 2.05) is 212 Å². The number of fused-ring (bicyclic) bond motifs is 7. The Morgan fingerprint density at radius 2 is 0.435 bits per heavy atom. The van der Waals surface area contributed by atoms with Crippen LogP contribution in [0.3, 0.4) is 0 Å². The average Bonchev–Trinajstić information content (AvgIpc) is 1.29. The smallest absolute Gasteiger partial charge is 0.252 e. The molecular formula is C108H68BN15. The first-order valence-electron chi connectivity index (χ1n) is 41.3. The third-order valence-electron chi connectivity index (χ3n) is 23.2. The summed E-state index contributed by atoms with van der Waals surface area (Å²) >= 11 is 0. The minimum atomic E-state index is 0.0249. The van der Waals surface area contributed by atoms with Crippen LogP contribution in [-0.4, -0.2) is 71.1 Å². The van der Waals surface area contributed by atoms with Crippen LogP contribution in [0.1, 0.15) is 0 Å². The number of anilines is 6. The Morgan fingerprint density at radius 3 is 0.815 bits per heavy atom. The molecule has 0 N–H and O–H groups in total. The van der Waals surface area contributed by atoms with Gasteiger partial charge >= 0.3 is 0 Å². The molecular weight excluding hydrogens is 1520 g/mol. The van der Waals surface area contributed by atoms with Gasteiger partial charge in [-0.1, -0.05) is 303 Å². The number of benzene rings is 16. The zero-order chi connectivity index (χ0) is 82.0. The fourth-order valence-electron chi connectivity index (χ4n) is 17.4. The van der Waals surface area contributed by atoms with Crippen molar-refractivity contribution in [1.29, 1.82) is 0 Å². The molecule has 2 aliphatic heterocycles. The molecule has 7 heterocycles. The van der Waals surface area contributed by atoms with Crippen molar-refractivity contribution in [2.24, 2.45) is 0 Å². The summed E-state index contributed by atoms with van der Waals surface area (Å²) in [4.78, 5) is 68.8. The Bertz CT molecular complexity index is 7310. The van der Waals surface area contributed by atoms with Gasteiger partial charge < -0.3 is 14.4 Å². The van der Waals surface area contributed by atoms with Gasteiger partial charge in [0, 0.05) is 112 Å². The van der Waals surface area contributed by atoms with Crippen LogP contribution >= 0.6 is 0 Å². The van der Waals surface area contributed by atoms with E-state index in [0.29, 0.717) is 81.0 Å². The summed E-state index contributed by atoms with van der Waals surface area (Å²) in [6, 6.07) is 142. The van der Waals surface area contributed by atoms with Gasteiger partial charge in [-0.25, -0.2) is 59.8 Å². The standard InChI is InChI=1S/C108H68BN15/c1-9-31-70(32-10-1)97-110-98(71-33-11-2-12-34-71)114-105(113-97)79-57-62-89-84(66-79)85-67-80(106-115-99(72-35-13-3-14-36-72)111-100(116-106)73-37-15-4-16-38-73)58-63-90(85)124(89)91-64-59-81(107-117-101(74-39-17-5-18-40-74)112-102(118-107)75-41-19-6-20-42-75)68-86(91)108-120-103(76-43-21-7-22-44-76)119-104(121-108)78-46-29-45-77(65-78)69-55-60-83(61-56-69)123-93-52-28-26-50-88(93)109-87-49-25-27-51-92(87)122(82-47-23-8-24-48-82)94-53-30-54-95(123)96(94)109/h1-68H. The van der Waals surface area contributed by atoms with Crippen LogP contribution in [0.5, 0.6) is 0 Å². The summed E-state index contributed by atoms with van der Waals surface area (Å²) < 4.78 is 2.30. The fourth-order valence-corrected chi connectivity index (χ4v) is 17.4. The molecule has 0 fully saturated rings. The molecule has 0 atom stereocenters. The van der Waals surface area contributed by atoms with Gasteiger partial charge in [-0.3, -0.25) is 0 Å². The minimum absolute atomic E-state index is 0.0249. The van der Waals surface area contributed by atoms with Crippen LogP contribution in [0, 0.1) is 0 Å². The zero-order valence-corrected chi connectivity index (χ0v) is 66.5. The van der Waals surface area contributed by atoms with Crippen molar-refractivity contribution in [3.8, 4) is 153 Å². The minimum Gasteiger partial charge on any atom is -0.311 e. The molecule has 16 heteroatoms. The lowest BCUT2D eigenvalue weighted by atomic mass is 9.33. The Balaban J connectivity index is 0.716. The second kappa shape index (κ2) is 30.7. The molecule has 23 rings (SSSR count). The highest BCUT2D eigenvalue weighted by molar-refractivity contribution is 7.00. The maximum absolute atomic E-state index is 5.71. The van der Waals surface area contributed by atoms with E-state index in [2.05, 4.69) is 215 Å². The molecule has 0 aliphatic carbocycles. The number of hydrogen-bond donors (Lipinski definition) is 0. The number of para-hydroxylation sites is 3. The van der Waals surface area contributed by atoms with E-state index in [0.717, 1.165) is 123 Å². The summed E-state index contributed by atoms with van der Waals surface area (Å²) in [5.41, 5.74) is 24.7. The van der Waals surface area contributed by atoms with Gasteiger partial charge in [0.05, 0.1) is 16.7 Å². The van der Waals surface area contributed by atoms with Crippen LogP contribution in [0.15, 0.2) is 413 Å². The average molecular weight is 1590 g/mol. The Labute approximate surface area is 714 Å². The van der Waals surface area contributed by atoms with Crippen molar-refractivity contribution in [3.05, 3.63) is 413 Å². The maximum Gasteiger partial charge on any atom is 0.252 e. The summed E-state index contributed by atoms with van der Waals surface area (Å²) in [6.07, 6.45) is 0. The van der Waals surface area contributed by atoms with E-state index in [1.165, 1.54) is 22.1 Å². The summed E-state index contributed by atoms with van der Waals surface area (Å²) in [6.45, 7) is 0.0249. The molecule has 16 aromatic carbocycles. The number of nitrogens with zero attached hydrogens (tertiary/aromatic N) is 15. The van der Waals surface area contributed by atoms with Crippen molar-refractivity contribution < 1.29 is 0 Å². The monoisotopic (exact) mass is 1590 g/mol. The molecule has 0 amide bonds. The first-order valence-corrected chi connectivity index (χ1v) is 41.3. The van der Waals surface area contributed by atoms with E-state index in [4.69, 9.17) is 59.8 Å². The molecule has 578 valence electrons. The third kappa shape index (κ3) is 13.1. The lowest BCUT2D eigenvalue weighted by Gasteiger charge is -2.44. The highest BCUT2D eigenvalue weighted by Gasteiger charge is 2.43. The van der Waals surface area contributed by atoms with Gasteiger partial charge in [-0.05, 0) is 137 Å². The lowest BCUT2D eigenvalue weighted by molar-refractivity contribution is 1.06. The van der Waals surface area contributed by atoms with Crippen molar-refractivity contribution in [3.63, 3.8) is 0 Å². The lowest BCUT2D eigenvalue weighted by Crippen LogP contribution is -2.61. The zero-order valence-electron chi connectivity index (χ0n) is 66.5. The van der Waals surface area contributed by atoms with E-state index >= 15 is 0 Å². The largest absolute Gasteiger partial charge is 0.311 e. The van der Waals surface area contributed by atoms with E-state index < -0.39 is 0 Å². The summed E-state index contributed by atoms with van der Waals surface area (Å²) in [5, 5.41) is 1.79. The van der Waals surface area contributed by atoms with Crippen LogP contribution < -0.4 is 26.2 Å². The third-order valence-corrected chi connectivity index (χ3v) is 23.2. The SMILES string of the molecule is c1ccc(-c2nc(-c3ccccc3)nc(-c3ccc(-n4c5ccc(-c6nc(-c7ccccc7)nc(-c7ccccc7)n6)cc5c5cc(-c6nc(-c7ccccc7)nc(-c7ccccc7)n6)ccc54)c(-c4nc(-c5ccccc5)nc(-c5cccc(-c6ccc(N7c8ccccc8B8c9ccccc9N(c9ccccc9)c9cccc7c98)cc6)c5)n4)c3)n2)cc1. The van der Waals surface area contributed by atoms with E-state index in [-0.39, 0.29) is 6.71 Å². The van der Waals surface area contributed by atoms with Gasteiger partial charge in [-0.2, -0.15) is 0 Å². The maximum atomic E-state index is 5.71. The summed E-state index contributed by atoms with van der Waals surface area (Å²) in [7, 11) is 0. The van der Waals surface area contributed by atoms with E-state index in [9.17, 15) is 0 Å². The molecule has 5 aromatic heterocycles. The van der Waals surface area contributed by atoms with Gasteiger partial charge in [0.15, 0.2) is 69.9 Å². The predicted molar refractivity (Wildman–Crippen MR) is 499 cm³/mol. The van der Waals surface area contributed by atoms with Crippen LogP contribution in [0.4, 0.5) is 34.1 Å². The van der Waals surface area contributed by atoms with Crippen molar-refractivity contribution >= 4 is 79.0 Å². The molecule has 0 bridgehead atoms. The quantitative estimate of drug-likeness (QED) is 0.0839. The van der Waals surface area contributed by atoms with Gasteiger partial charge in [0.25, 0.3) is 6.71 Å². The van der Waals surface area contributed by atoms with Gasteiger partial charge in [0.1, 0.15) is 0 Å².